The van der Waals surface area contributed by atoms with Crippen LogP contribution in [0.5, 0.6) is 0 Å². The smallest absolute Gasteiger partial charge is 0.0722 e. The molecule has 0 radical (unpaired) electrons. The molecule has 0 aromatic carbocycles. The van der Waals surface area contributed by atoms with Gasteiger partial charge in [0.2, 0.25) is 0 Å². The minimum Gasteiger partial charge on any atom is -0.375 e. The van der Waals surface area contributed by atoms with E-state index in [-0.39, 0.29) is 0 Å². The summed E-state index contributed by atoms with van der Waals surface area (Å²) in [5.74, 6) is 0. The van der Waals surface area contributed by atoms with E-state index < -0.39 is 0 Å². The third kappa shape index (κ3) is 3.41. The van der Waals surface area contributed by atoms with Crippen molar-refractivity contribution in [2.45, 2.75) is 26.5 Å². The second-order valence-electron chi connectivity index (χ2n) is 4.41. The van der Waals surface area contributed by atoms with Gasteiger partial charge in [-0.25, -0.2) is 0 Å². The summed E-state index contributed by atoms with van der Waals surface area (Å²) < 4.78 is 5.56. The maximum atomic E-state index is 5.56. The highest BCUT2D eigenvalue weighted by molar-refractivity contribution is 5.47. The van der Waals surface area contributed by atoms with E-state index in [9.17, 15) is 0 Å². The van der Waals surface area contributed by atoms with E-state index in [0.29, 0.717) is 6.10 Å². The monoisotopic (exact) mass is 235 g/mol. The molecule has 0 saturated carbocycles. The van der Waals surface area contributed by atoms with Crippen LogP contribution in [0.15, 0.2) is 18.3 Å². The van der Waals surface area contributed by atoms with Crippen LogP contribution < -0.4 is 10.2 Å². The van der Waals surface area contributed by atoms with Crippen LogP contribution in [-0.4, -0.2) is 37.3 Å². The van der Waals surface area contributed by atoms with E-state index >= 15 is 0 Å². The topological polar surface area (TPSA) is 37.4 Å². The number of morpholine rings is 1. The van der Waals surface area contributed by atoms with Crippen molar-refractivity contribution in [3.63, 3.8) is 0 Å². The lowest BCUT2D eigenvalue weighted by molar-refractivity contribution is 0.0532. The number of pyridine rings is 1. The maximum Gasteiger partial charge on any atom is 0.0722 e. The first-order valence-electron chi connectivity index (χ1n) is 6.31. The summed E-state index contributed by atoms with van der Waals surface area (Å²) in [6.45, 7) is 8.77. The lowest BCUT2D eigenvalue weighted by Gasteiger charge is -2.33. The fourth-order valence-electron chi connectivity index (χ4n) is 2.06. The number of nitrogens with one attached hydrogen (secondary N) is 1. The molecule has 1 atom stereocenters. The lowest BCUT2D eigenvalue weighted by Crippen LogP contribution is -2.41. The summed E-state index contributed by atoms with van der Waals surface area (Å²) in [7, 11) is 0. The van der Waals surface area contributed by atoms with Crippen LogP contribution in [0.25, 0.3) is 0 Å². The zero-order valence-electron chi connectivity index (χ0n) is 10.6. The highest BCUT2D eigenvalue weighted by Crippen LogP contribution is 2.17. The molecular weight excluding hydrogens is 214 g/mol. The average molecular weight is 235 g/mol. The first kappa shape index (κ1) is 12.3. The molecule has 0 aliphatic carbocycles. The zero-order chi connectivity index (χ0) is 12.1. The number of nitrogens with zero attached hydrogens (tertiary/aromatic N) is 2. The Labute approximate surface area is 103 Å². The van der Waals surface area contributed by atoms with Crippen LogP contribution in [0.3, 0.4) is 0 Å². The fourth-order valence-corrected chi connectivity index (χ4v) is 2.06. The molecule has 4 nitrogen and oxygen atoms in total. The Kier molecular flexibility index (Phi) is 4.34. The van der Waals surface area contributed by atoms with Crippen LogP contribution in [0.2, 0.25) is 0 Å². The van der Waals surface area contributed by atoms with E-state index in [1.165, 1.54) is 5.69 Å². The predicted molar refractivity (Wildman–Crippen MR) is 69.2 cm³/mol. The normalized spacial score (nSPS) is 20.6. The molecule has 1 N–H and O–H groups in total. The van der Waals surface area contributed by atoms with Crippen molar-refractivity contribution in [1.82, 2.24) is 10.3 Å². The van der Waals surface area contributed by atoms with Crippen molar-refractivity contribution in [3.05, 3.63) is 24.0 Å². The quantitative estimate of drug-likeness (QED) is 0.856. The van der Waals surface area contributed by atoms with Crippen LogP contribution >= 0.6 is 0 Å². The van der Waals surface area contributed by atoms with Crippen molar-refractivity contribution < 1.29 is 4.74 Å². The molecular formula is C13H21N3O. The van der Waals surface area contributed by atoms with Crippen LogP contribution in [0.4, 0.5) is 5.69 Å². The van der Waals surface area contributed by atoms with Gasteiger partial charge in [0.25, 0.3) is 0 Å². The standard InChI is InChI=1S/C13H21N3O/c1-3-14-9-12-8-13(4-5-15-12)16-6-7-17-11(2)10-16/h4-5,8,11,14H,3,6-7,9-10H2,1-2H3. The summed E-state index contributed by atoms with van der Waals surface area (Å²) in [5, 5.41) is 3.30. The summed E-state index contributed by atoms with van der Waals surface area (Å²) in [4.78, 5) is 6.74. The molecule has 1 aliphatic rings. The molecule has 0 bridgehead atoms. The number of hydrogen-bond acceptors (Lipinski definition) is 4. The van der Waals surface area contributed by atoms with Gasteiger partial charge in [0, 0.05) is 31.5 Å². The van der Waals surface area contributed by atoms with Gasteiger partial charge in [-0.15, -0.1) is 0 Å². The Bertz CT molecular complexity index is 356. The summed E-state index contributed by atoms with van der Waals surface area (Å²) in [6.07, 6.45) is 2.21. The minimum atomic E-state index is 0.314. The largest absolute Gasteiger partial charge is 0.375 e. The van der Waals surface area contributed by atoms with Crippen molar-refractivity contribution >= 4 is 5.69 Å². The van der Waals surface area contributed by atoms with Gasteiger partial charge in [-0.05, 0) is 25.6 Å². The number of ether oxygens (including phenoxy) is 1. The maximum absolute atomic E-state index is 5.56. The van der Waals surface area contributed by atoms with E-state index in [2.05, 4.69) is 41.2 Å². The molecule has 2 heterocycles. The molecule has 1 saturated heterocycles. The Morgan fingerprint density at radius 1 is 1.59 bits per heavy atom. The number of hydrogen-bond donors (Lipinski definition) is 1. The first-order chi connectivity index (χ1) is 8.29. The Balaban J connectivity index is 2.04. The molecule has 1 fully saturated rings. The van der Waals surface area contributed by atoms with Crippen molar-refractivity contribution in [2.75, 3.05) is 31.1 Å². The van der Waals surface area contributed by atoms with Gasteiger partial charge in [-0.3, -0.25) is 4.98 Å². The molecule has 0 amide bonds. The molecule has 0 spiro atoms. The van der Waals surface area contributed by atoms with Gasteiger partial charge in [-0.2, -0.15) is 0 Å². The molecule has 17 heavy (non-hydrogen) atoms. The SMILES string of the molecule is CCNCc1cc(N2CCOC(C)C2)ccn1. The minimum absolute atomic E-state index is 0.314. The Morgan fingerprint density at radius 3 is 3.24 bits per heavy atom. The van der Waals surface area contributed by atoms with Crippen molar-refractivity contribution in [2.24, 2.45) is 0 Å². The second kappa shape index (κ2) is 5.98. The molecule has 1 aromatic rings. The second-order valence-corrected chi connectivity index (χ2v) is 4.41. The summed E-state index contributed by atoms with van der Waals surface area (Å²) >= 11 is 0. The highest BCUT2D eigenvalue weighted by Gasteiger charge is 2.17. The van der Waals surface area contributed by atoms with E-state index in [1.807, 2.05) is 6.20 Å². The Hall–Kier alpha value is -1.13. The number of anilines is 1. The predicted octanol–water partition coefficient (Wildman–Crippen LogP) is 1.42. The summed E-state index contributed by atoms with van der Waals surface area (Å²) in [6, 6.07) is 4.24. The van der Waals surface area contributed by atoms with Crippen molar-refractivity contribution in [3.8, 4) is 0 Å². The van der Waals surface area contributed by atoms with Gasteiger partial charge in [0.1, 0.15) is 0 Å². The first-order valence-corrected chi connectivity index (χ1v) is 6.31. The fraction of sp³-hybridized carbons (Fsp3) is 0.615. The molecule has 94 valence electrons. The van der Waals surface area contributed by atoms with E-state index in [0.717, 1.165) is 38.5 Å². The molecule has 4 heteroatoms. The van der Waals surface area contributed by atoms with Crippen molar-refractivity contribution in [1.29, 1.82) is 0 Å². The third-order valence-corrected chi connectivity index (χ3v) is 2.96. The average Bonchev–Trinajstić information content (AvgIpc) is 2.37. The molecule has 1 aliphatic heterocycles. The summed E-state index contributed by atoms with van der Waals surface area (Å²) in [5.41, 5.74) is 2.35. The third-order valence-electron chi connectivity index (χ3n) is 2.96. The highest BCUT2D eigenvalue weighted by atomic mass is 16.5. The number of rotatable bonds is 4. The van der Waals surface area contributed by atoms with Crippen LogP contribution in [0.1, 0.15) is 19.5 Å². The zero-order valence-corrected chi connectivity index (χ0v) is 10.6. The van der Waals surface area contributed by atoms with Gasteiger partial charge in [0.05, 0.1) is 18.4 Å². The van der Waals surface area contributed by atoms with E-state index in [4.69, 9.17) is 4.74 Å². The van der Waals surface area contributed by atoms with Crippen LogP contribution in [-0.2, 0) is 11.3 Å². The van der Waals surface area contributed by atoms with Gasteiger partial charge in [0.15, 0.2) is 0 Å². The molecule has 1 unspecified atom stereocenters. The Morgan fingerprint density at radius 2 is 2.47 bits per heavy atom. The van der Waals surface area contributed by atoms with E-state index in [1.54, 1.807) is 0 Å². The van der Waals surface area contributed by atoms with Gasteiger partial charge >= 0.3 is 0 Å². The number of aromatic nitrogens is 1. The van der Waals surface area contributed by atoms with Gasteiger partial charge < -0.3 is 15.0 Å². The molecule has 2 rings (SSSR count). The van der Waals surface area contributed by atoms with Crippen LogP contribution in [0, 0.1) is 0 Å². The molecule has 1 aromatic heterocycles. The lowest BCUT2D eigenvalue weighted by atomic mass is 10.2. The van der Waals surface area contributed by atoms with Gasteiger partial charge in [-0.1, -0.05) is 6.92 Å².